The molecule has 2 N–H and O–H groups in total. The van der Waals surface area contributed by atoms with Gasteiger partial charge in [0.05, 0.1) is 36.6 Å². The van der Waals surface area contributed by atoms with Crippen molar-refractivity contribution in [3.8, 4) is 0 Å². The number of esters is 1. The molecule has 3 fully saturated rings. The van der Waals surface area contributed by atoms with Crippen molar-refractivity contribution in [1.82, 2.24) is 15.1 Å². The maximum absolute atomic E-state index is 14.6. The second-order valence-electron chi connectivity index (χ2n) is 14.2. The minimum absolute atomic E-state index is 0.0793. The van der Waals surface area contributed by atoms with Gasteiger partial charge in [-0.05, 0) is 57.9 Å². The molecule has 10 nitrogen and oxygen atoms in total. The van der Waals surface area contributed by atoms with Gasteiger partial charge in [-0.2, -0.15) is 0 Å². The summed E-state index contributed by atoms with van der Waals surface area (Å²) in [6.07, 6.45) is 4.85. The Hall–Kier alpha value is -3.50. The van der Waals surface area contributed by atoms with E-state index in [0.717, 1.165) is 5.56 Å². The predicted octanol–water partition coefficient (Wildman–Crippen LogP) is 3.95. The van der Waals surface area contributed by atoms with Gasteiger partial charge < -0.3 is 29.7 Å². The summed E-state index contributed by atoms with van der Waals surface area (Å²) in [5.74, 6) is -3.03. The van der Waals surface area contributed by atoms with E-state index in [2.05, 4.69) is 18.5 Å². The number of rotatable bonds is 15. The lowest BCUT2D eigenvalue weighted by atomic mass is 9.70. The van der Waals surface area contributed by atoms with Gasteiger partial charge in [-0.3, -0.25) is 19.2 Å². The molecule has 10 heteroatoms. The number of nitrogens with zero attached hydrogens (tertiary/aromatic N) is 2. The number of nitrogens with one attached hydrogen (secondary N) is 1. The van der Waals surface area contributed by atoms with Gasteiger partial charge in [-0.1, -0.05) is 56.3 Å². The minimum atomic E-state index is -1.21. The van der Waals surface area contributed by atoms with Crippen LogP contribution in [0.4, 0.5) is 0 Å². The Labute approximate surface area is 273 Å². The number of likely N-dealkylation sites (tertiary alicyclic amines) is 1. The summed E-state index contributed by atoms with van der Waals surface area (Å²) in [6.45, 7) is 17.2. The van der Waals surface area contributed by atoms with Crippen molar-refractivity contribution in [2.45, 2.75) is 102 Å². The number of carbonyl (C=O) groups is 4. The topological polar surface area (TPSA) is 125 Å². The third-order valence-electron chi connectivity index (χ3n) is 9.49. The van der Waals surface area contributed by atoms with Crippen LogP contribution < -0.4 is 5.32 Å². The van der Waals surface area contributed by atoms with E-state index in [9.17, 15) is 24.3 Å². The van der Waals surface area contributed by atoms with E-state index in [0.29, 0.717) is 25.7 Å². The van der Waals surface area contributed by atoms with Crippen LogP contribution in [0.15, 0.2) is 55.6 Å². The molecule has 4 rings (SSSR count). The summed E-state index contributed by atoms with van der Waals surface area (Å²) in [5, 5.41) is 13.6. The summed E-state index contributed by atoms with van der Waals surface area (Å²) in [6, 6.07) is 6.95. The van der Waals surface area contributed by atoms with Gasteiger partial charge in [0.1, 0.15) is 18.2 Å². The van der Waals surface area contributed by atoms with Crippen molar-refractivity contribution in [1.29, 1.82) is 0 Å². The molecule has 1 aromatic rings. The monoisotopic (exact) mass is 637 g/mol. The van der Waals surface area contributed by atoms with Crippen molar-refractivity contribution in [2.24, 2.45) is 17.8 Å². The van der Waals surface area contributed by atoms with Crippen LogP contribution in [0.5, 0.6) is 0 Å². The fourth-order valence-corrected chi connectivity index (χ4v) is 7.50. The SMILES string of the molecule is C=CCCC(=O)OC[C@H](NC(=O)[C@@H]1[C@H]2C(=O)N([C@@H](CO)CC(C)C)[C@H](C(=O)N(CC=C)C(C)(C)C)[C@]23CC[C@H]1O3)c1ccccc1. The van der Waals surface area contributed by atoms with Crippen LogP contribution in [0.2, 0.25) is 0 Å². The van der Waals surface area contributed by atoms with Crippen molar-refractivity contribution in [3.63, 3.8) is 0 Å². The van der Waals surface area contributed by atoms with Crippen LogP contribution in [0.25, 0.3) is 0 Å². The number of benzene rings is 1. The standard InChI is InChI=1S/C36H51N3O7/c1-8-10-16-28(41)45-22-26(24-14-12-11-13-15-24)37-32(42)29-27-17-18-36(46-27)30(29)33(43)39(25(21-40)20-23(3)4)31(36)34(44)38(19-9-2)35(5,6)7/h8-9,11-15,23,25-27,29-31,40H,1-2,10,16-22H2,3-7H3,(H,37,42)/t25-,26+,27-,29+,30+,31-,36+/m1/s1. The van der Waals surface area contributed by atoms with E-state index in [-0.39, 0.29) is 43.9 Å². The second kappa shape index (κ2) is 14.5. The summed E-state index contributed by atoms with van der Waals surface area (Å²) < 4.78 is 12.2. The molecule has 1 aromatic carbocycles. The smallest absolute Gasteiger partial charge is 0.306 e. The van der Waals surface area contributed by atoms with Crippen molar-refractivity contribution in [3.05, 3.63) is 61.2 Å². The molecule has 3 heterocycles. The molecule has 3 aliphatic rings. The highest BCUT2D eigenvalue weighted by atomic mass is 16.5. The maximum Gasteiger partial charge on any atom is 0.306 e. The average Bonchev–Trinajstić information content (AvgIpc) is 3.66. The van der Waals surface area contributed by atoms with Gasteiger partial charge in [0, 0.05) is 18.5 Å². The molecule has 252 valence electrons. The van der Waals surface area contributed by atoms with Crippen LogP contribution in [-0.2, 0) is 28.7 Å². The van der Waals surface area contributed by atoms with E-state index >= 15 is 0 Å². The van der Waals surface area contributed by atoms with Crippen LogP contribution in [-0.4, -0.2) is 87.7 Å². The maximum atomic E-state index is 14.6. The third kappa shape index (κ3) is 6.93. The Morgan fingerprint density at radius 1 is 1.20 bits per heavy atom. The van der Waals surface area contributed by atoms with E-state index in [4.69, 9.17) is 9.47 Å². The zero-order valence-corrected chi connectivity index (χ0v) is 27.9. The van der Waals surface area contributed by atoms with E-state index in [1.54, 1.807) is 17.1 Å². The number of amides is 3. The van der Waals surface area contributed by atoms with Crippen molar-refractivity contribution in [2.75, 3.05) is 19.8 Å². The predicted molar refractivity (Wildman–Crippen MR) is 174 cm³/mol. The Bertz CT molecular complexity index is 1290. The van der Waals surface area contributed by atoms with Gasteiger partial charge >= 0.3 is 5.97 Å². The van der Waals surface area contributed by atoms with Crippen LogP contribution in [0.3, 0.4) is 0 Å². The summed E-state index contributed by atoms with van der Waals surface area (Å²) in [5.41, 5.74) is -1.04. The highest BCUT2D eigenvalue weighted by molar-refractivity contribution is 5.99. The van der Waals surface area contributed by atoms with Gasteiger partial charge in [-0.25, -0.2) is 0 Å². The fraction of sp³-hybridized carbons (Fsp3) is 0.611. The molecule has 2 bridgehead atoms. The molecule has 46 heavy (non-hydrogen) atoms. The molecule has 0 aliphatic carbocycles. The Kier molecular flexibility index (Phi) is 11.2. The average molecular weight is 638 g/mol. The lowest BCUT2D eigenvalue weighted by Crippen LogP contribution is -2.61. The largest absolute Gasteiger partial charge is 0.463 e. The Morgan fingerprint density at radius 3 is 2.48 bits per heavy atom. The first-order valence-corrected chi connectivity index (χ1v) is 16.5. The Balaban J connectivity index is 1.70. The number of ether oxygens (including phenoxy) is 2. The highest BCUT2D eigenvalue weighted by Crippen LogP contribution is 2.59. The molecule has 0 aromatic heterocycles. The third-order valence-corrected chi connectivity index (χ3v) is 9.49. The van der Waals surface area contributed by atoms with Crippen LogP contribution in [0.1, 0.15) is 78.3 Å². The lowest BCUT2D eigenvalue weighted by Gasteiger charge is -2.43. The first-order valence-electron chi connectivity index (χ1n) is 16.5. The number of aliphatic hydroxyl groups excluding tert-OH is 1. The summed E-state index contributed by atoms with van der Waals surface area (Å²) >= 11 is 0. The van der Waals surface area contributed by atoms with Crippen LogP contribution >= 0.6 is 0 Å². The first kappa shape index (κ1) is 35.4. The highest BCUT2D eigenvalue weighted by Gasteiger charge is 2.75. The second-order valence-corrected chi connectivity index (χ2v) is 14.2. The molecular weight excluding hydrogens is 586 g/mol. The fourth-order valence-electron chi connectivity index (χ4n) is 7.50. The van der Waals surface area contributed by atoms with Gasteiger partial charge in [0.15, 0.2) is 0 Å². The van der Waals surface area contributed by atoms with E-state index in [1.165, 1.54) is 4.90 Å². The molecule has 3 amide bonds. The Morgan fingerprint density at radius 2 is 1.89 bits per heavy atom. The van der Waals surface area contributed by atoms with Gasteiger partial charge in [0.2, 0.25) is 17.7 Å². The van der Waals surface area contributed by atoms with Crippen molar-refractivity contribution >= 4 is 23.7 Å². The number of carbonyl (C=O) groups excluding carboxylic acids is 4. The van der Waals surface area contributed by atoms with Crippen molar-refractivity contribution < 1.29 is 33.8 Å². The molecule has 0 saturated carbocycles. The van der Waals surface area contributed by atoms with E-state index in [1.807, 2.05) is 65.0 Å². The molecule has 0 radical (unpaired) electrons. The van der Waals surface area contributed by atoms with E-state index < -0.39 is 59.1 Å². The number of aliphatic hydroxyl groups is 1. The summed E-state index contributed by atoms with van der Waals surface area (Å²) in [4.78, 5) is 59.0. The first-order chi connectivity index (χ1) is 21.8. The molecule has 3 saturated heterocycles. The zero-order chi connectivity index (χ0) is 33.8. The quantitative estimate of drug-likeness (QED) is 0.220. The summed E-state index contributed by atoms with van der Waals surface area (Å²) in [7, 11) is 0. The minimum Gasteiger partial charge on any atom is -0.463 e. The molecule has 7 atom stereocenters. The number of fused-ring (bicyclic) bond motifs is 1. The van der Waals surface area contributed by atoms with Crippen LogP contribution in [0, 0.1) is 17.8 Å². The number of allylic oxidation sites excluding steroid dienone is 1. The number of hydrogen-bond donors (Lipinski definition) is 2. The lowest BCUT2D eigenvalue weighted by molar-refractivity contribution is -0.154. The molecule has 1 spiro atoms. The molecule has 3 aliphatic heterocycles. The van der Waals surface area contributed by atoms with Gasteiger partial charge in [0.25, 0.3) is 0 Å². The molecular formula is C36H51N3O7. The molecule has 0 unspecified atom stereocenters. The van der Waals surface area contributed by atoms with Gasteiger partial charge in [-0.15, -0.1) is 13.2 Å². The zero-order valence-electron chi connectivity index (χ0n) is 27.9. The normalized spacial score (nSPS) is 26.4. The number of hydrogen-bond acceptors (Lipinski definition) is 7.